The minimum Gasteiger partial charge on any atom is -0.377 e. The van der Waals surface area contributed by atoms with Crippen molar-refractivity contribution >= 4 is 35.6 Å². The minimum atomic E-state index is -0.810. The first-order valence-electron chi connectivity index (χ1n) is 8.54. The average molecular weight is 482 g/mol. The van der Waals surface area contributed by atoms with Crippen LogP contribution < -0.4 is 15.5 Å². The number of anilines is 1. The molecule has 1 heterocycles. The Kier molecular flexibility index (Phi) is 9.02. The molecule has 1 aromatic rings. The van der Waals surface area contributed by atoms with Gasteiger partial charge in [0.25, 0.3) is 0 Å². The van der Waals surface area contributed by atoms with Gasteiger partial charge in [-0.2, -0.15) is 0 Å². The van der Waals surface area contributed by atoms with Gasteiger partial charge in [0.1, 0.15) is 0 Å². The monoisotopic (exact) mass is 482 g/mol. The first-order chi connectivity index (χ1) is 11.8. The molecule has 1 aromatic carbocycles. The summed E-state index contributed by atoms with van der Waals surface area (Å²) in [5, 5.41) is 6.57. The lowest BCUT2D eigenvalue weighted by Crippen LogP contribution is -2.46. The normalized spacial score (nSPS) is 17.8. The van der Waals surface area contributed by atoms with Crippen LogP contribution in [0.5, 0.6) is 0 Å². The fourth-order valence-corrected chi connectivity index (χ4v) is 2.75. The summed E-state index contributed by atoms with van der Waals surface area (Å²) in [6.45, 7) is 7.06. The Balaban J connectivity index is 0.00000338. The molecule has 0 saturated carbocycles. The Morgan fingerprint density at radius 2 is 2.04 bits per heavy atom. The van der Waals surface area contributed by atoms with Crippen molar-refractivity contribution < 1.29 is 13.5 Å². The van der Waals surface area contributed by atoms with Gasteiger partial charge in [0, 0.05) is 52.1 Å². The lowest BCUT2D eigenvalue weighted by atomic mass is 10.1. The molecule has 148 valence electrons. The van der Waals surface area contributed by atoms with E-state index in [4.69, 9.17) is 4.74 Å². The zero-order valence-corrected chi connectivity index (χ0v) is 18.1. The third kappa shape index (κ3) is 6.53. The van der Waals surface area contributed by atoms with E-state index in [0.29, 0.717) is 12.5 Å². The Labute approximate surface area is 171 Å². The second kappa shape index (κ2) is 10.2. The minimum absolute atomic E-state index is 0. The molecule has 0 spiro atoms. The van der Waals surface area contributed by atoms with E-state index in [0.717, 1.165) is 37.7 Å². The molecular weight excluding hydrogens is 453 g/mol. The number of hydrogen-bond donors (Lipinski definition) is 2. The van der Waals surface area contributed by atoms with Crippen LogP contribution in [0.15, 0.2) is 23.2 Å². The molecule has 2 rings (SSSR count). The molecule has 1 atom stereocenters. The predicted molar refractivity (Wildman–Crippen MR) is 113 cm³/mol. The van der Waals surface area contributed by atoms with Crippen LogP contribution in [0.4, 0.5) is 14.5 Å². The molecule has 0 radical (unpaired) electrons. The maximum atomic E-state index is 13.4. The Morgan fingerprint density at radius 3 is 2.65 bits per heavy atom. The molecule has 0 aromatic heterocycles. The number of guanidine groups is 1. The molecule has 26 heavy (non-hydrogen) atoms. The van der Waals surface area contributed by atoms with Crippen LogP contribution in [0.2, 0.25) is 0 Å². The number of methoxy groups -OCH3 is 1. The SMILES string of the molecule is CN=C(NCC1CCN(c2ccc(F)c(F)c2)C1)NCC(C)(C)OC.I. The van der Waals surface area contributed by atoms with Gasteiger partial charge in [-0.25, -0.2) is 8.78 Å². The van der Waals surface area contributed by atoms with E-state index in [1.807, 2.05) is 13.8 Å². The summed E-state index contributed by atoms with van der Waals surface area (Å²) in [6.07, 6.45) is 0.993. The summed E-state index contributed by atoms with van der Waals surface area (Å²) >= 11 is 0. The van der Waals surface area contributed by atoms with Gasteiger partial charge >= 0.3 is 0 Å². The molecule has 1 aliphatic heterocycles. The number of aliphatic imine (C=N–C) groups is 1. The smallest absolute Gasteiger partial charge is 0.191 e. The molecule has 0 aliphatic carbocycles. The van der Waals surface area contributed by atoms with Crippen molar-refractivity contribution in [2.45, 2.75) is 25.9 Å². The van der Waals surface area contributed by atoms with Crippen LogP contribution >= 0.6 is 24.0 Å². The quantitative estimate of drug-likeness (QED) is 0.372. The van der Waals surface area contributed by atoms with E-state index in [-0.39, 0.29) is 29.6 Å². The van der Waals surface area contributed by atoms with Crippen molar-refractivity contribution in [1.29, 1.82) is 0 Å². The summed E-state index contributed by atoms with van der Waals surface area (Å²) in [4.78, 5) is 6.30. The predicted octanol–water partition coefficient (Wildman–Crippen LogP) is 3.00. The summed E-state index contributed by atoms with van der Waals surface area (Å²) in [5.74, 6) is -0.460. The molecule has 1 aliphatic rings. The van der Waals surface area contributed by atoms with Gasteiger partial charge in [-0.15, -0.1) is 24.0 Å². The Morgan fingerprint density at radius 1 is 1.31 bits per heavy atom. The molecule has 0 bridgehead atoms. The molecule has 1 unspecified atom stereocenters. The molecular formula is C18H29F2IN4O. The van der Waals surface area contributed by atoms with Gasteiger partial charge in [0.2, 0.25) is 0 Å². The van der Waals surface area contributed by atoms with E-state index in [1.54, 1.807) is 20.2 Å². The first kappa shape index (κ1) is 22.9. The third-order valence-electron chi connectivity index (χ3n) is 4.57. The third-order valence-corrected chi connectivity index (χ3v) is 4.57. The van der Waals surface area contributed by atoms with Gasteiger partial charge in [-0.05, 0) is 38.3 Å². The Bertz CT molecular complexity index is 613. The van der Waals surface area contributed by atoms with Gasteiger partial charge in [-0.1, -0.05) is 0 Å². The van der Waals surface area contributed by atoms with Crippen molar-refractivity contribution in [1.82, 2.24) is 10.6 Å². The van der Waals surface area contributed by atoms with Crippen LogP contribution in [-0.2, 0) is 4.74 Å². The van der Waals surface area contributed by atoms with Crippen LogP contribution in [0.25, 0.3) is 0 Å². The number of rotatable bonds is 6. The van der Waals surface area contributed by atoms with Gasteiger partial charge in [-0.3, -0.25) is 4.99 Å². The zero-order chi connectivity index (χ0) is 18.4. The topological polar surface area (TPSA) is 48.9 Å². The van der Waals surface area contributed by atoms with E-state index in [1.165, 1.54) is 12.1 Å². The lowest BCUT2D eigenvalue weighted by Gasteiger charge is -2.25. The average Bonchev–Trinajstić information content (AvgIpc) is 3.06. The highest BCUT2D eigenvalue weighted by molar-refractivity contribution is 14.0. The van der Waals surface area contributed by atoms with Crippen LogP contribution in [0, 0.1) is 17.6 Å². The Hall–Kier alpha value is -1.16. The standard InChI is InChI=1S/C18H28F2N4O.HI/c1-18(2,25-4)12-23-17(21-3)22-10-13-7-8-24(11-13)14-5-6-15(19)16(20)9-14;/h5-6,9,13H,7-8,10-12H2,1-4H3,(H2,21,22,23);1H. The number of ether oxygens (including phenoxy) is 1. The van der Waals surface area contributed by atoms with Crippen molar-refractivity contribution in [3.8, 4) is 0 Å². The van der Waals surface area contributed by atoms with Gasteiger partial charge in [0.05, 0.1) is 5.60 Å². The number of benzene rings is 1. The van der Waals surface area contributed by atoms with Gasteiger partial charge in [0.15, 0.2) is 17.6 Å². The summed E-state index contributed by atoms with van der Waals surface area (Å²) < 4.78 is 31.8. The van der Waals surface area contributed by atoms with Crippen molar-refractivity contribution in [3.05, 3.63) is 29.8 Å². The summed E-state index contributed by atoms with van der Waals surface area (Å²) in [6, 6.07) is 4.07. The van der Waals surface area contributed by atoms with E-state index in [9.17, 15) is 8.78 Å². The van der Waals surface area contributed by atoms with Gasteiger partial charge < -0.3 is 20.3 Å². The van der Waals surface area contributed by atoms with Crippen molar-refractivity contribution in [2.24, 2.45) is 10.9 Å². The van der Waals surface area contributed by atoms with Crippen LogP contribution in [0.3, 0.4) is 0 Å². The highest BCUT2D eigenvalue weighted by Crippen LogP contribution is 2.24. The number of hydrogen-bond acceptors (Lipinski definition) is 3. The summed E-state index contributed by atoms with van der Waals surface area (Å²) in [7, 11) is 3.42. The first-order valence-corrected chi connectivity index (χ1v) is 8.54. The second-order valence-corrected chi connectivity index (χ2v) is 6.97. The molecule has 2 N–H and O–H groups in total. The van der Waals surface area contributed by atoms with Crippen molar-refractivity contribution in [3.63, 3.8) is 0 Å². The van der Waals surface area contributed by atoms with Crippen molar-refractivity contribution in [2.75, 3.05) is 45.2 Å². The summed E-state index contributed by atoms with van der Waals surface area (Å²) in [5.41, 5.74) is 0.458. The highest BCUT2D eigenvalue weighted by Gasteiger charge is 2.24. The molecule has 0 amide bonds. The highest BCUT2D eigenvalue weighted by atomic mass is 127. The van der Waals surface area contributed by atoms with E-state index >= 15 is 0 Å². The maximum absolute atomic E-state index is 13.4. The maximum Gasteiger partial charge on any atom is 0.191 e. The van der Waals surface area contributed by atoms with E-state index < -0.39 is 11.6 Å². The van der Waals surface area contributed by atoms with Crippen LogP contribution in [-0.4, -0.2) is 51.9 Å². The fraction of sp³-hybridized carbons (Fsp3) is 0.611. The van der Waals surface area contributed by atoms with Crippen LogP contribution in [0.1, 0.15) is 20.3 Å². The van der Waals surface area contributed by atoms with E-state index in [2.05, 4.69) is 20.5 Å². The second-order valence-electron chi connectivity index (χ2n) is 6.97. The fourth-order valence-electron chi connectivity index (χ4n) is 2.75. The number of nitrogens with one attached hydrogen (secondary N) is 2. The molecule has 1 saturated heterocycles. The lowest BCUT2D eigenvalue weighted by molar-refractivity contribution is 0.0268. The molecule has 5 nitrogen and oxygen atoms in total. The number of nitrogens with zero attached hydrogens (tertiary/aromatic N) is 2. The largest absolute Gasteiger partial charge is 0.377 e. The molecule has 1 fully saturated rings. The zero-order valence-electron chi connectivity index (χ0n) is 15.8. The molecule has 8 heteroatoms. The number of halogens is 3.